The van der Waals surface area contributed by atoms with Crippen LogP contribution >= 0.6 is 11.6 Å². The molecule has 0 aromatic heterocycles. The van der Waals surface area contributed by atoms with Crippen LogP contribution in [0.5, 0.6) is 11.5 Å². The van der Waals surface area contributed by atoms with E-state index in [0.29, 0.717) is 17.3 Å². The van der Waals surface area contributed by atoms with Gasteiger partial charge in [-0.15, -0.1) is 0 Å². The number of methoxy groups -OCH3 is 1. The first-order valence-electron chi connectivity index (χ1n) is 6.23. The molecule has 0 amide bonds. The van der Waals surface area contributed by atoms with E-state index >= 15 is 0 Å². The zero-order chi connectivity index (χ0) is 13.7. The molecule has 1 atom stereocenters. The molecule has 1 aromatic rings. The quantitative estimate of drug-likeness (QED) is 0.860. The Kier molecular flexibility index (Phi) is 5.76. The van der Waals surface area contributed by atoms with E-state index < -0.39 is 0 Å². The van der Waals surface area contributed by atoms with Crippen molar-refractivity contribution >= 4 is 11.6 Å². The molecular formula is C14H22ClNO2. The Labute approximate surface area is 114 Å². The summed E-state index contributed by atoms with van der Waals surface area (Å²) in [6, 6.07) is 3.71. The Balaban J connectivity index is 3.22. The molecular weight excluding hydrogens is 250 g/mol. The van der Waals surface area contributed by atoms with Crippen LogP contribution in [0.1, 0.15) is 38.7 Å². The fourth-order valence-electron chi connectivity index (χ4n) is 1.87. The molecule has 1 rings (SSSR count). The lowest BCUT2D eigenvalue weighted by molar-refractivity contribution is 0.226. The summed E-state index contributed by atoms with van der Waals surface area (Å²) in [5, 5.41) is 0.654. The predicted octanol–water partition coefficient (Wildman–Crippen LogP) is 3.59. The van der Waals surface area contributed by atoms with Crippen LogP contribution < -0.4 is 15.2 Å². The van der Waals surface area contributed by atoms with E-state index in [2.05, 4.69) is 6.92 Å². The number of halogens is 1. The number of ether oxygens (including phenoxy) is 2. The van der Waals surface area contributed by atoms with Gasteiger partial charge < -0.3 is 15.2 Å². The monoisotopic (exact) mass is 271 g/mol. The summed E-state index contributed by atoms with van der Waals surface area (Å²) in [7, 11) is 1.62. The lowest BCUT2D eigenvalue weighted by Gasteiger charge is -2.21. The zero-order valence-corrected chi connectivity index (χ0v) is 12.3. The lowest BCUT2D eigenvalue weighted by Crippen LogP contribution is -2.11. The van der Waals surface area contributed by atoms with E-state index in [1.54, 1.807) is 13.2 Å². The lowest BCUT2D eigenvalue weighted by atomic mass is 9.96. The van der Waals surface area contributed by atoms with Crippen molar-refractivity contribution in [2.75, 3.05) is 13.7 Å². The van der Waals surface area contributed by atoms with Gasteiger partial charge in [-0.3, -0.25) is 0 Å². The Bertz CT molecular complexity index is 394. The minimum Gasteiger partial charge on any atom is -0.493 e. The molecule has 0 heterocycles. The predicted molar refractivity (Wildman–Crippen MR) is 75.9 cm³/mol. The second-order valence-electron chi connectivity index (χ2n) is 4.67. The summed E-state index contributed by atoms with van der Waals surface area (Å²) in [6.07, 6.45) is 0.974. The normalized spacial score (nSPS) is 12.6. The van der Waals surface area contributed by atoms with Gasteiger partial charge in [-0.25, -0.2) is 0 Å². The molecule has 102 valence electrons. The van der Waals surface area contributed by atoms with Crippen LogP contribution in [0.15, 0.2) is 12.1 Å². The van der Waals surface area contributed by atoms with Crippen molar-refractivity contribution in [2.24, 2.45) is 5.73 Å². The van der Waals surface area contributed by atoms with Crippen molar-refractivity contribution in [3.8, 4) is 11.5 Å². The summed E-state index contributed by atoms with van der Waals surface area (Å²) in [5.41, 5.74) is 6.68. The van der Waals surface area contributed by atoms with E-state index in [-0.39, 0.29) is 12.0 Å². The first-order chi connectivity index (χ1) is 8.49. The third-order valence-corrected chi connectivity index (χ3v) is 2.97. The molecule has 0 radical (unpaired) electrons. The van der Waals surface area contributed by atoms with Crippen molar-refractivity contribution in [1.29, 1.82) is 0 Å². The average Bonchev–Trinajstić information content (AvgIpc) is 2.30. The molecule has 2 N–H and O–H groups in total. The summed E-state index contributed by atoms with van der Waals surface area (Å²) in [5.74, 6) is 1.74. The van der Waals surface area contributed by atoms with Crippen LogP contribution in [0.25, 0.3) is 0 Å². The van der Waals surface area contributed by atoms with Crippen LogP contribution in [0, 0.1) is 0 Å². The summed E-state index contributed by atoms with van der Waals surface area (Å²) in [4.78, 5) is 0. The van der Waals surface area contributed by atoms with E-state index in [4.69, 9.17) is 26.8 Å². The average molecular weight is 272 g/mol. The molecule has 0 fully saturated rings. The van der Waals surface area contributed by atoms with Crippen LogP contribution in [0.3, 0.4) is 0 Å². The Morgan fingerprint density at radius 2 is 1.94 bits per heavy atom. The Morgan fingerprint density at radius 3 is 2.44 bits per heavy atom. The van der Waals surface area contributed by atoms with Gasteiger partial charge in [0.1, 0.15) is 0 Å². The Hall–Kier alpha value is -0.930. The molecule has 3 nitrogen and oxygen atoms in total. The molecule has 1 aromatic carbocycles. The second-order valence-corrected chi connectivity index (χ2v) is 5.11. The van der Waals surface area contributed by atoms with Crippen molar-refractivity contribution < 1.29 is 9.47 Å². The molecule has 0 aliphatic carbocycles. The minimum atomic E-state index is 0.0869. The van der Waals surface area contributed by atoms with Crippen molar-refractivity contribution in [2.45, 2.75) is 39.2 Å². The van der Waals surface area contributed by atoms with Crippen molar-refractivity contribution in [1.82, 2.24) is 0 Å². The fourth-order valence-corrected chi connectivity index (χ4v) is 2.09. The highest BCUT2D eigenvalue weighted by Crippen LogP contribution is 2.40. The zero-order valence-electron chi connectivity index (χ0n) is 11.5. The van der Waals surface area contributed by atoms with Crippen LogP contribution in [0.2, 0.25) is 5.02 Å². The van der Waals surface area contributed by atoms with Gasteiger partial charge in [0.2, 0.25) is 0 Å². The number of nitrogens with two attached hydrogens (primary N) is 1. The van der Waals surface area contributed by atoms with E-state index in [0.717, 1.165) is 17.7 Å². The van der Waals surface area contributed by atoms with Gasteiger partial charge in [-0.2, -0.15) is 0 Å². The fraction of sp³-hybridized carbons (Fsp3) is 0.571. The van der Waals surface area contributed by atoms with Gasteiger partial charge in [0, 0.05) is 16.7 Å². The molecule has 0 spiro atoms. The summed E-state index contributed by atoms with van der Waals surface area (Å²) < 4.78 is 11.2. The highest BCUT2D eigenvalue weighted by molar-refractivity contribution is 6.30. The summed E-state index contributed by atoms with van der Waals surface area (Å²) >= 11 is 6.11. The number of rotatable bonds is 6. The van der Waals surface area contributed by atoms with E-state index in [9.17, 15) is 0 Å². The smallest absolute Gasteiger partial charge is 0.165 e. The second kappa shape index (κ2) is 6.86. The topological polar surface area (TPSA) is 44.5 Å². The first-order valence-corrected chi connectivity index (χ1v) is 6.61. The highest BCUT2D eigenvalue weighted by atomic mass is 35.5. The molecule has 1 unspecified atom stereocenters. The van der Waals surface area contributed by atoms with Gasteiger partial charge in [-0.1, -0.05) is 18.5 Å². The minimum absolute atomic E-state index is 0.0869. The molecule has 0 bridgehead atoms. The van der Waals surface area contributed by atoms with Gasteiger partial charge >= 0.3 is 0 Å². The van der Waals surface area contributed by atoms with E-state index in [1.165, 1.54) is 0 Å². The number of hydrogen-bond donors (Lipinski definition) is 1. The van der Waals surface area contributed by atoms with E-state index in [1.807, 2.05) is 19.9 Å². The van der Waals surface area contributed by atoms with Gasteiger partial charge in [0.05, 0.1) is 13.2 Å². The number of benzene rings is 1. The van der Waals surface area contributed by atoms with Gasteiger partial charge in [-0.05, 0) is 38.8 Å². The molecule has 0 saturated heterocycles. The molecule has 4 heteroatoms. The third-order valence-electron chi connectivity index (χ3n) is 2.75. The van der Waals surface area contributed by atoms with Gasteiger partial charge in [0.15, 0.2) is 11.5 Å². The number of hydrogen-bond acceptors (Lipinski definition) is 3. The van der Waals surface area contributed by atoms with Gasteiger partial charge in [0.25, 0.3) is 0 Å². The maximum Gasteiger partial charge on any atom is 0.165 e. The maximum atomic E-state index is 6.11. The summed E-state index contributed by atoms with van der Waals surface area (Å²) in [6.45, 7) is 6.74. The molecule has 0 aliphatic rings. The third kappa shape index (κ3) is 3.79. The molecule has 0 saturated carbocycles. The standard InChI is InChI=1S/C14H22ClNO2/c1-9(2)18-14-12(10(3)5-6-16)7-11(15)8-13(14)17-4/h7-10H,5-6,16H2,1-4H3. The van der Waals surface area contributed by atoms with Crippen LogP contribution in [-0.4, -0.2) is 19.8 Å². The van der Waals surface area contributed by atoms with Crippen molar-refractivity contribution in [3.05, 3.63) is 22.7 Å². The first kappa shape index (κ1) is 15.1. The van der Waals surface area contributed by atoms with Crippen molar-refractivity contribution in [3.63, 3.8) is 0 Å². The van der Waals surface area contributed by atoms with Crippen LogP contribution in [0.4, 0.5) is 0 Å². The SMILES string of the molecule is COc1cc(Cl)cc(C(C)CCN)c1OC(C)C. The Morgan fingerprint density at radius 1 is 1.28 bits per heavy atom. The molecule has 18 heavy (non-hydrogen) atoms. The largest absolute Gasteiger partial charge is 0.493 e. The van der Waals surface area contributed by atoms with Crippen LogP contribution in [-0.2, 0) is 0 Å². The highest BCUT2D eigenvalue weighted by Gasteiger charge is 2.18. The molecule has 0 aliphatic heterocycles. The maximum absolute atomic E-state index is 6.11.